The van der Waals surface area contributed by atoms with Crippen molar-refractivity contribution < 1.29 is 5.11 Å². The summed E-state index contributed by atoms with van der Waals surface area (Å²) in [5.74, 6) is 0. The first kappa shape index (κ1) is 9.71. The lowest BCUT2D eigenvalue weighted by Crippen LogP contribution is -2.21. The average Bonchev–Trinajstić information content (AvgIpc) is 2.47. The Balaban J connectivity index is 2.47. The predicted octanol–water partition coefficient (Wildman–Crippen LogP) is 1.70. The lowest BCUT2D eigenvalue weighted by atomic mass is 10.3. The van der Waals surface area contributed by atoms with Crippen molar-refractivity contribution in [1.82, 2.24) is 5.32 Å². The van der Waals surface area contributed by atoms with Crippen molar-refractivity contribution >= 4 is 11.3 Å². The van der Waals surface area contributed by atoms with E-state index in [1.165, 1.54) is 9.75 Å². The van der Waals surface area contributed by atoms with Crippen molar-refractivity contribution in [2.45, 2.75) is 19.9 Å². The molecule has 0 unspecified atom stereocenters. The third-order valence-electron chi connectivity index (χ3n) is 1.75. The number of aliphatic hydroxyl groups excluding tert-OH is 1. The van der Waals surface area contributed by atoms with Crippen LogP contribution in [-0.2, 0) is 0 Å². The van der Waals surface area contributed by atoms with Crippen molar-refractivity contribution in [1.29, 1.82) is 0 Å². The fourth-order valence-corrected chi connectivity index (χ4v) is 1.97. The summed E-state index contributed by atoms with van der Waals surface area (Å²) in [6.07, 6.45) is 0. The van der Waals surface area contributed by atoms with Crippen LogP contribution in [0.25, 0.3) is 0 Å². The van der Waals surface area contributed by atoms with E-state index in [4.69, 9.17) is 5.11 Å². The van der Waals surface area contributed by atoms with Gasteiger partial charge in [-0.3, -0.25) is 0 Å². The summed E-state index contributed by atoms with van der Waals surface area (Å²) in [5.41, 5.74) is 0. The smallest absolute Gasteiger partial charge is 0.0556 e. The van der Waals surface area contributed by atoms with Gasteiger partial charge in [-0.1, -0.05) is 0 Å². The highest BCUT2D eigenvalue weighted by molar-refractivity contribution is 7.12. The number of rotatable bonds is 4. The minimum Gasteiger partial charge on any atom is -0.395 e. The van der Waals surface area contributed by atoms with Crippen LogP contribution in [0, 0.1) is 6.92 Å². The molecule has 0 aliphatic rings. The van der Waals surface area contributed by atoms with Crippen LogP contribution < -0.4 is 5.32 Å². The highest BCUT2D eigenvalue weighted by atomic mass is 32.1. The maximum Gasteiger partial charge on any atom is 0.0556 e. The van der Waals surface area contributed by atoms with Crippen molar-refractivity contribution in [3.63, 3.8) is 0 Å². The normalized spacial score (nSPS) is 13.2. The summed E-state index contributed by atoms with van der Waals surface area (Å²) >= 11 is 1.80. The van der Waals surface area contributed by atoms with Crippen LogP contribution in [0.5, 0.6) is 0 Å². The van der Waals surface area contributed by atoms with E-state index in [1.807, 2.05) is 0 Å². The molecule has 3 heteroatoms. The summed E-state index contributed by atoms with van der Waals surface area (Å²) in [5, 5.41) is 11.8. The minimum absolute atomic E-state index is 0.203. The highest BCUT2D eigenvalue weighted by Gasteiger charge is 2.05. The Bertz CT molecular complexity index is 234. The highest BCUT2D eigenvalue weighted by Crippen LogP contribution is 2.21. The topological polar surface area (TPSA) is 32.3 Å². The Hall–Kier alpha value is -0.380. The van der Waals surface area contributed by atoms with Gasteiger partial charge in [-0.15, -0.1) is 11.3 Å². The molecule has 0 saturated carbocycles. The van der Waals surface area contributed by atoms with Crippen molar-refractivity contribution in [3.8, 4) is 0 Å². The number of aliphatic hydroxyl groups is 1. The van der Waals surface area contributed by atoms with E-state index in [1.54, 1.807) is 11.3 Å². The molecule has 0 bridgehead atoms. The molecule has 0 amide bonds. The van der Waals surface area contributed by atoms with E-state index < -0.39 is 0 Å². The number of hydrogen-bond acceptors (Lipinski definition) is 3. The maximum atomic E-state index is 8.61. The van der Waals surface area contributed by atoms with Gasteiger partial charge < -0.3 is 10.4 Å². The maximum absolute atomic E-state index is 8.61. The molecule has 2 nitrogen and oxygen atoms in total. The summed E-state index contributed by atoms with van der Waals surface area (Å²) in [7, 11) is 0. The van der Waals surface area contributed by atoms with Crippen LogP contribution in [-0.4, -0.2) is 18.3 Å². The monoisotopic (exact) mass is 185 g/mol. The average molecular weight is 185 g/mol. The van der Waals surface area contributed by atoms with E-state index in [2.05, 4.69) is 31.3 Å². The first-order valence-electron chi connectivity index (χ1n) is 4.14. The molecule has 0 aromatic carbocycles. The molecule has 0 aliphatic carbocycles. The van der Waals surface area contributed by atoms with Gasteiger partial charge in [0.05, 0.1) is 6.61 Å². The van der Waals surface area contributed by atoms with Gasteiger partial charge in [0.25, 0.3) is 0 Å². The molecule has 0 spiro atoms. The van der Waals surface area contributed by atoms with E-state index in [-0.39, 0.29) is 6.61 Å². The molecule has 1 aromatic heterocycles. The summed E-state index contributed by atoms with van der Waals surface area (Å²) in [6.45, 7) is 5.08. The molecule has 0 saturated heterocycles. The quantitative estimate of drug-likeness (QED) is 0.748. The van der Waals surface area contributed by atoms with Gasteiger partial charge in [0, 0.05) is 22.3 Å². The van der Waals surface area contributed by atoms with Crippen molar-refractivity contribution in [2.75, 3.05) is 13.2 Å². The molecule has 12 heavy (non-hydrogen) atoms. The Morgan fingerprint density at radius 2 is 2.33 bits per heavy atom. The van der Waals surface area contributed by atoms with E-state index in [0.717, 1.165) is 0 Å². The minimum atomic E-state index is 0.203. The van der Waals surface area contributed by atoms with Crippen LogP contribution in [0.3, 0.4) is 0 Å². The first-order chi connectivity index (χ1) is 5.74. The zero-order chi connectivity index (χ0) is 8.97. The van der Waals surface area contributed by atoms with Crippen LogP contribution in [0.1, 0.15) is 22.7 Å². The first-order valence-corrected chi connectivity index (χ1v) is 4.96. The Morgan fingerprint density at radius 1 is 1.58 bits per heavy atom. The molecule has 0 radical (unpaired) electrons. The SMILES string of the molecule is Cc1ccc([C@@H](C)NCCO)s1. The van der Waals surface area contributed by atoms with Gasteiger partial charge in [-0.25, -0.2) is 0 Å². The third kappa shape index (κ3) is 2.59. The van der Waals surface area contributed by atoms with Gasteiger partial charge in [0.15, 0.2) is 0 Å². The molecule has 1 heterocycles. The molecule has 2 N–H and O–H groups in total. The Kier molecular flexibility index (Phi) is 3.72. The number of nitrogens with one attached hydrogen (secondary N) is 1. The van der Waals surface area contributed by atoms with Crippen molar-refractivity contribution in [3.05, 3.63) is 21.9 Å². The van der Waals surface area contributed by atoms with Gasteiger partial charge >= 0.3 is 0 Å². The van der Waals surface area contributed by atoms with Gasteiger partial charge in [-0.2, -0.15) is 0 Å². The van der Waals surface area contributed by atoms with Crippen LogP contribution in [0.4, 0.5) is 0 Å². The fourth-order valence-electron chi connectivity index (χ4n) is 1.07. The van der Waals surface area contributed by atoms with Gasteiger partial charge in [0.2, 0.25) is 0 Å². The summed E-state index contributed by atoms with van der Waals surface area (Å²) in [6, 6.07) is 4.61. The fraction of sp³-hybridized carbons (Fsp3) is 0.556. The summed E-state index contributed by atoms with van der Waals surface area (Å²) < 4.78 is 0. The van der Waals surface area contributed by atoms with E-state index >= 15 is 0 Å². The van der Waals surface area contributed by atoms with Crippen molar-refractivity contribution in [2.24, 2.45) is 0 Å². The zero-order valence-electron chi connectivity index (χ0n) is 7.50. The lowest BCUT2D eigenvalue weighted by Gasteiger charge is -2.09. The number of thiophene rings is 1. The molecular formula is C9H15NOS. The number of hydrogen-bond donors (Lipinski definition) is 2. The van der Waals surface area contributed by atoms with Gasteiger partial charge in [-0.05, 0) is 26.0 Å². The molecular weight excluding hydrogens is 170 g/mol. The summed E-state index contributed by atoms with van der Waals surface area (Å²) in [4.78, 5) is 2.67. The third-order valence-corrected chi connectivity index (χ3v) is 2.93. The molecule has 1 aromatic rings. The second-order valence-electron chi connectivity index (χ2n) is 2.85. The van der Waals surface area contributed by atoms with Crippen LogP contribution in [0.15, 0.2) is 12.1 Å². The molecule has 1 atom stereocenters. The second kappa shape index (κ2) is 4.60. The van der Waals surface area contributed by atoms with Gasteiger partial charge in [0.1, 0.15) is 0 Å². The second-order valence-corrected chi connectivity index (χ2v) is 4.17. The number of aryl methyl sites for hydroxylation is 1. The molecule has 0 aliphatic heterocycles. The van der Waals surface area contributed by atoms with E-state index in [9.17, 15) is 0 Å². The van der Waals surface area contributed by atoms with Crippen LogP contribution in [0.2, 0.25) is 0 Å². The molecule has 1 rings (SSSR count). The zero-order valence-corrected chi connectivity index (χ0v) is 8.32. The molecule has 0 fully saturated rings. The van der Waals surface area contributed by atoms with E-state index in [0.29, 0.717) is 12.6 Å². The predicted molar refractivity (Wildman–Crippen MR) is 52.6 cm³/mol. The standard InChI is InChI=1S/C9H15NOS/c1-7-3-4-9(12-7)8(2)10-5-6-11/h3-4,8,10-11H,5-6H2,1-2H3/t8-/m1/s1. The molecule has 68 valence electrons. The Morgan fingerprint density at radius 3 is 2.83 bits per heavy atom. The van der Waals surface area contributed by atoms with Crippen LogP contribution >= 0.6 is 11.3 Å². The lowest BCUT2D eigenvalue weighted by molar-refractivity contribution is 0.286. The Labute approximate surface area is 77.2 Å². The largest absolute Gasteiger partial charge is 0.395 e.